The van der Waals surface area contributed by atoms with Gasteiger partial charge in [0.25, 0.3) is 0 Å². The van der Waals surface area contributed by atoms with Gasteiger partial charge in [0, 0.05) is 13.1 Å². The van der Waals surface area contributed by atoms with Gasteiger partial charge in [-0.2, -0.15) is 8.42 Å². The minimum Gasteiger partial charge on any atom is -0.329 e. The van der Waals surface area contributed by atoms with Crippen LogP contribution in [0.4, 0.5) is 0 Å². The van der Waals surface area contributed by atoms with Crippen molar-refractivity contribution < 1.29 is 17.5 Å². The smallest absolute Gasteiger partial charge is 0.329 e. The van der Waals surface area contributed by atoms with Gasteiger partial charge in [0.15, 0.2) is 0 Å². The summed E-state index contributed by atoms with van der Waals surface area (Å²) in [6.07, 6.45) is 23.0. The van der Waals surface area contributed by atoms with Crippen molar-refractivity contribution in [3.8, 4) is 0 Å². The molecule has 0 saturated heterocycles. The number of unbranched alkanes of at least 4 members (excludes halogenated alkanes) is 15. The predicted molar refractivity (Wildman–Crippen MR) is 135 cm³/mol. The zero-order chi connectivity index (χ0) is 24.2. The van der Waals surface area contributed by atoms with Gasteiger partial charge in [-0.05, 0) is 34.1 Å². The summed E-state index contributed by atoms with van der Waals surface area (Å²) in [6, 6.07) is 0. The van der Waals surface area contributed by atoms with E-state index in [1.54, 1.807) is 0 Å². The van der Waals surface area contributed by atoms with Crippen molar-refractivity contribution >= 4 is 10.4 Å². The zero-order valence-electron chi connectivity index (χ0n) is 21.1. The zero-order valence-corrected chi connectivity index (χ0v) is 21.9. The first-order valence-electron chi connectivity index (χ1n) is 12.4. The minimum absolute atomic E-state index is 0.763. The molecule has 0 atom stereocenters. The Balaban J connectivity index is -0.000000728. The maximum Gasteiger partial charge on any atom is 0.394 e. The molecule has 8 heteroatoms. The van der Waals surface area contributed by atoms with Crippen LogP contribution in [0.1, 0.15) is 110 Å². The number of nitrogens with one attached hydrogen (secondary N) is 1. The number of rotatable bonds is 19. The van der Waals surface area contributed by atoms with Gasteiger partial charge in [-0.25, -0.2) is 0 Å². The van der Waals surface area contributed by atoms with Crippen LogP contribution >= 0.6 is 0 Å². The molecule has 0 aromatic heterocycles. The molecule has 0 radical (unpaired) electrons. The summed E-state index contributed by atoms with van der Waals surface area (Å²) in [5.74, 6) is 0. The van der Waals surface area contributed by atoms with Crippen LogP contribution in [0, 0.1) is 0 Å². The van der Waals surface area contributed by atoms with E-state index in [2.05, 4.69) is 12.2 Å². The molecule has 31 heavy (non-hydrogen) atoms. The standard InChI is InChI=1S/C20H44N2.C3H9N.H2O4S/c1-2-3-4-5-6-7-8-9-10-11-12-13-14-15-16-17-19-22-20-18-21;1-4(2)3;1-5(2,3)4/h22H,2-21H2,1H3;1-3H3;(H2,1,2,3,4). The molecular weight excluding hydrogens is 414 g/mol. The third kappa shape index (κ3) is 65.2. The molecular formula is C23H55N3O4S. The van der Waals surface area contributed by atoms with E-state index in [9.17, 15) is 0 Å². The molecule has 0 aliphatic heterocycles. The van der Waals surface area contributed by atoms with Crippen LogP contribution in [0.3, 0.4) is 0 Å². The highest BCUT2D eigenvalue weighted by Gasteiger charge is 1.94. The monoisotopic (exact) mass is 469 g/mol. The summed E-state index contributed by atoms with van der Waals surface area (Å²) in [5.41, 5.74) is 5.44. The molecule has 0 unspecified atom stereocenters. The Morgan fingerprint density at radius 3 is 1.16 bits per heavy atom. The van der Waals surface area contributed by atoms with Gasteiger partial charge in [0.2, 0.25) is 0 Å². The Kier molecular flexibility index (Phi) is 33.9. The number of hydrogen-bond donors (Lipinski definition) is 4. The molecule has 0 rings (SSSR count). The first kappa shape index (κ1) is 35.3. The van der Waals surface area contributed by atoms with Crippen LogP contribution < -0.4 is 11.1 Å². The second-order valence-electron chi connectivity index (χ2n) is 8.63. The maximum atomic E-state index is 8.74. The molecule has 0 amide bonds. The molecule has 7 nitrogen and oxygen atoms in total. The van der Waals surface area contributed by atoms with Crippen molar-refractivity contribution in [2.75, 3.05) is 40.8 Å². The molecule has 0 aromatic rings. The van der Waals surface area contributed by atoms with E-state index < -0.39 is 10.4 Å². The van der Waals surface area contributed by atoms with Crippen molar-refractivity contribution in [1.82, 2.24) is 10.2 Å². The number of nitrogens with zero attached hydrogens (tertiary/aromatic N) is 1. The Hall–Kier alpha value is -0.250. The molecule has 0 fully saturated rings. The molecule has 0 saturated carbocycles. The van der Waals surface area contributed by atoms with E-state index >= 15 is 0 Å². The molecule has 0 aliphatic rings. The lowest BCUT2D eigenvalue weighted by Crippen LogP contribution is -2.23. The highest BCUT2D eigenvalue weighted by molar-refractivity contribution is 7.79. The Labute approximate surface area is 194 Å². The van der Waals surface area contributed by atoms with Crippen LogP contribution in [0.5, 0.6) is 0 Å². The molecule has 5 N–H and O–H groups in total. The summed E-state index contributed by atoms with van der Waals surface area (Å²) < 4.78 is 31.6. The number of nitrogens with two attached hydrogens (primary N) is 1. The average molecular weight is 470 g/mol. The Morgan fingerprint density at radius 2 is 0.903 bits per heavy atom. The van der Waals surface area contributed by atoms with Crippen molar-refractivity contribution in [2.45, 2.75) is 110 Å². The van der Waals surface area contributed by atoms with Crippen LogP contribution in [0.2, 0.25) is 0 Å². The van der Waals surface area contributed by atoms with Crippen molar-refractivity contribution in [3.05, 3.63) is 0 Å². The van der Waals surface area contributed by atoms with Crippen LogP contribution in [0.15, 0.2) is 0 Å². The molecule has 0 aliphatic carbocycles. The second-order valence-corrected chi connectivity index (χ2v) is 9.53. The normalized spacial score (nSPS) is 11.0. The van der Waals surface area contributed by atoms with Crippen LogP contribution in [0.25, 0.3) is 0 Å². The average Bonchev–Trinajstić information content (AvgIpc) is 2.65. The molecule has 192 valence electrons. The topological polar surface area (TPSA) is 116 Å². The SMILES string of the molecule is CCCCCCCCCCCCCCCCCCNCCN.CN(C)C.O=S(=O)(O)O. The second kappa shape index (κ2) is 29.8. The third-order valence-electron chi connectivity index (χ3n) is 4.53. The van der Waals surface area contributed by atoms with Crippen molar-refractivity contribution in [3.63, 3.8) is 0 Å². The van der Waals surface area contributed by atoms with Gasteiger partial charge in [-0.3, -0.25) is 9.11 Å². The first-order valence-corrected chi connectivity index (χ1v) is 13.8. The van der Waals surface area contributed by atoms with E-state index in [0.29, 0.717) is 0 Å². The molecule has 0 heterocycles. The van der Waals surface area contributed by atoms with E-state index in [-0.39, 0.29) is 0 Å². The predicted octanol–water partition coefficient (Wildman–Crippen LogP) is 5.32. The van der Waals surface area contributed by atoms with E-state index in [1.807, 2.05) is 26.0 Å². The van der Waals surface area contributed by atoms with Gasteiger partial charge in [-0.15, -0.1) is 0 Å². The number of hydrogen-bond acceptors (Lipinski definition) is 5. The van der Waals surface area contributed by atoms with E-state index in [1.165, 1.54) is 103 Å². The van der Waals surface area contributed by atoms with Crippen LogP contribution in [-0.2, 0) is 10.4 Å². The highest BCUT2D eigenvalue weighted by atomic mass is 32.3. The lowest BCUT2D eigenvalue weighted by molar-refractivity contribution is 0.381. The summed E-state index contributed by atoms with van der Waals surface area (Å²) in [6.45, 7) is 5.17. The Bertz CT molecular complexity index is 377. The third-order valence-corrected chi connectivity index (χ3v) is 4.53. The molecule has 0 spiro atoms. The van der Waals surface area contributed by atoms with Gasteiger partial charge in [0.1, 0.15) is 0 Å². The minimum atomic E-state index is -4.67. The fraction of sp³-hybridized carbons (Fsp3) is 1.00. The summed E-state index contributed by atoms with van der Waals surface area (Å²) in [4.78, 5) is 2.00. The molecule has 0 aromatic carbocycles. The largest absolute Gasteiger partial charge is 0.394 e. The highest BCUT2D eigenvalue weighted by Crippen LogP contribution is 2.13. The van der Waals surface area contributed by atoms with Gasteiger partial charge < -0.3 is 16.0 Å². The fourth-order valence-corrected chi connectivity index (χ4v) is 3.03. The molecule has 0 bridgehead atoms. The maximum absolute atomic E-state index is 8.74. The van der Waals surface area contributed by atoms with Gasteiger partial charge in [0.05, 0.1) is 0 Å². The summed E-state index contributed by atoms with van der Waals surface area (Å²) in [7, 11) is 1.33. The van der Waals surface area contributed by atoms with E-state index in [0.717, 1.165) is 19.6 Å². The van der Waals surface area contributed by atoms with Crippen LogP contribution in [-0.4, -0.2) is 63.2 Å². The lowest BCUT2D eigenvalue weighted by atomic mass is 10.0. The Morgan fingerprint density at radius 1 is 0.645 bits per heavy atom. The first-order chi connectivity index (χ1) is 14.6. The van der Waals surface area contributed by atoms with Gasteiger partial charge >= 0.3 is 10.4 Å². The quantitative estimate of drug-likeness (QED) is 0.149. The summed E-state index contributed by atoms with van der Waals surface area (Å²) in [5, 5.41) is 3.36. The van der Waals surface area contributed by atoms with Crippen molar-refractivity contribution in [1.29, 1.82) is 0 Å². The van der Waals surface area contributed by atoms with Gasteiger partial charge in [-0.1, -0.05) is 103 Å². The summed E-state index contributed by atoms with van der Waals surface area (Å²) >= 11 is 0. The fourth-order valence-electron chi connectivity index (χ4n) is 3.03. The van der Waals surface area contributed by atoms with Crippen molar-refractivity contribution in [2.24, 2.45) is 5.73 Å². The lowest BCUT2D eigenvalue weighted by Gasteiger charge is -2.04. The van der Waals surface area contributed by atoms with E-state index in [4.69, 9.17) is 23.3 Å².